The van der Waals surface area contributed by atoms with Crippen molar-refractivity contribution in [3.63, 3.8) is 0 Å². The van der Waals surface area contributed by atoms with Gasteiger partial charge in [-0.1, -0.05) is 5.18 Å². The van der Waals surface area contributed by atoms with Crippen molar-refractivity contribution >= 4 is 0 Å². The summed E-state index contributed by atoms with van der Waals surface area (Å²) in [5.41, 5.74) is 0. The van der Waals surface area contributed by atoms with Crippen LogP contribution in [0.15, 0.2) is 5.18 Å². The molecule has 0 radical (unpaired) electrons. The van der Waals surface area contributed by atoms with Gasteiger partial charge in [-0.25, -0.2) is 0 Å². The van der Waals surface area contributed by atoms with Crippen LogP contribution in [0.3, 0.4) is 0 Å². The van der Waals surface area contributed by atoms with E-state index in [1.165, 1.54) is 0 Å². The lowest BCUT2D eigenvalue weighted by atomic mass is 9.88. The maximum absolute atomic E-state index is 9.84. The highest BCUT2D eigenvalue weighted by Crippen LogP contribution is 2.23. The van der Waals surface area contributed by atoms with Crippen LogP contribution in [-0.2, 0) is 0 Å². The summed E-state index contributed by atoms with van der Waals surface area (Å²) in [6.45, 7) is 0.437. The quantitative estimate of drug-likeness (QED) is 0.592. The molecule has 0 bridgehead atoms. The highest BCUT2D eigenvalue weighted by atomic mass is 16.3. The summed E-state index contributed by atoms with van der Waals surface area (Å²) in [5, 5.41) is 11.9. The van der Waals surface area contributed by atoms with E-state index in [4.69, 9.17) is 5.11 Å². The van der Waals surface area contributed by atoms with Gasteiger partial charge in [-0.05, 0) is 31.6 Å². The average molecular weight is 143 g/mol. The fourth-order valence-corrected chi connectivity index (χ4v) is 1.43. The van der Waals surface area contributed by atoms with E-state index < -0.39 is 0 Å². The Morgan fingerprint density at radius 1 is 1.30 bits per heavy atom. The lowest BCUT2D eigenvalue weighted by molar-refractivity contribution is 0.110. The van der Waals surface area contributed by atoms with Crippen LogP contribution in [0.25, 0.3) is 0 Å². The summed E-state index contributed by atoms with van der Waals surface area (Å²) in [5.74, 6) is 0.445. The molecule has 0 heterocycles. The van der Waals surface area contributed by atoms with Gasteiger partial charge in [0.05, 0.1) is 12.6 Å². The first-order valence-corrected chi connectivity index (χ1v) is 3.80. The molecule has 1 aliphatic carbocycles. The minimum Gasteiger partial charge on any atom is -0.393 e. The zero-order valence-electron chi connectivity index (χ0n) is 5.99. The van der Waals surface area contributed by atoms with Gasteiger partial charge in [-0.3, -0.25) is 0 Å². The minimum absolute atomic E-state index is 0.122. The molecule has 3 heteroatoms. The SMILES string of the molecule is O=NCC1CCC(O)CC1. The molecule has 0 atom stereocenters. The molecule has 0 amide bonds. The van der Waals surface area contributed by atoms with Gasteiger partial charge in [-0.2, -0.15) is 4.91 Å². The summed E-state index contributed by atoms with van der Waals surface area (Å²) in [6.07, 6.45) is 3.50. The van der Waals surface area contributed by atoms with Crippen LogP contribution in [0, 0.1) is 10.8 Å². The summed E-state index contributed by atoms with van der Waals surface area (Å²) in [6, 6.07) is 0. The van der Waals surface area contributed by atoms with E-state index in [1.807, 2.05) is 0 Å². The Kier molecular flexibility index (Phi) is 2.81. The maximum atomic E-state index is 9.84. The largest absolute Gasteiger partial charge is 0.393 e. The Morgan fingerprint density at radius 3 is 2.40 bits per heavy atom. The van der Waals surface area contributed by atoms with Crippen LogP contribution in [0.2, 0.25) is 0 Å². The summed E-state index contributed by atoms with van der Waals surface area (Å²) >= 11 is 0. The van der Waals surface area contributed by atoms with Crippen molar-refractivity contribution in [2.45, 2.75) is 31.8 Å². The first-order chi connectivity index (χ1) is 4.83. The third kappa shape index (κ3) is 2.06. The average Bonchev–Trinajstić information content (AvgIpc) is 1.95. The number of aliphatic hydroxyl groups excluding tert-OH is 1. The number of nitrogens with zero attached hydrogens (tertiary/aromatic N) is 1. The number of aliphatic hydroxyl groups is 1. The van der Waals surface area contributed by atoms with Gasteiger partial charge in [0.1, 0.15) is 0 Å². The van der Waals surface area contributed by atoms with Crippen molar-refractivity contribution in [3.8, 4) is 0 Å². The van der Waals surface area contributed by atoms with E-state index >= 15 is 0 Å². The number of rotatable bonds is 2. The van der Waals surface area contributed by atoms with Gasteiger partial charge in [-0.15, -0.1) is 0 Å². The second kappa shape index (κ2) is 3.66. The van der Waals surface area contributed by atoms with Crippen LogP contribution in [-0.4, -0.2) is 17.8 Å². The zero-order valence-corrected chi connectivity index (χ0v) is 5.99. The monoisotopic (exact) mass is 143 g/mol. The van der Waals surface area contributed by atoms with Gasteiger partial charge >= 0.3 is 0 Å². The molecule has 1 saturated carbocycles. The minimum atomic E-state index is -0.122. The lowest BCUT2D eigenvalue weighted by Crippen LogP contribution is -2.19. The Labute approximate surface area is 60.4 Å². The predicted octanol–water partition coefficient (Wildman–Crippen LogP) is 1.30. The Bertz CT molecular complexity index is 108. The molecule has 0 spiro atoms. The van der Waals surface area contributed by atoms with Gasteiger partial charge in [0.25, 0.3) is 0 Å². The standard InChI is InChI=1S/C7H13NO2/c9-7-3-1-6(2-4-7)5-8-10/h6-7,9H,1-5H2. The van der Waals surface area contributed by atoms with E-state index in [-0.39, 0.29) is 6.10 Å². The van der Waals surface area contributed by atoms with Crippen LogP contribution < -0.4 is 0 Å². The summed E-state index contributed by atoms with van der Waals surface area (Å²) in [7, 11) is 0. The number of hydrogen-bond donors (Lipinski definition) is 1. The van der Waals surface area contributed by atoms with E-state index in [0.717, 1.165) is 25.7 Å². The molecule has 0 aliphatic heterocycles. The summed E-state index contributed by atoms with van der Waals surface area (Å²) in [4.78, 5) is 9.84. The van der Waals surface area contributed by atoms with E-state index in [2.05, 4.69) is 5.18 Å². The molecule has 0 unspecified atom stereocenters. The van der Waals surface area contributed by atoms with E-state index in [9.17, 15) is 4.91 Å². The van der Waals surface area contributed by atoms with Crippen LogP contribution in [0.4, 0.5) is 0 Å². The molecule has 58 valence electrons. The normalized spacial score (nSPS) is 33.7. The second-order valence-electron chi connectivity index (χ2n) is 2.99. The highest BCUT2D eigenvalue weighted by molar-refractivity contribution is 4.72. The molecule has 1 aliphatic rings. The first-order valence-electron chi connectivity index (χ1n) is 3.80. The molecule has 1 fully saturated rings. The topological polar surface area (TPSA) is 49.7 Å². The zero-order chi connectivity index (χ0) is 7.40. The van der Waals surface area contributed by atoms with Crippen molar-refractivity contribution in [2.75, 3.05) is 6.54 Å². The molecular weight excluding hydrogens is 130 g/mol. The fourth-order valence-electron chi connectivity index (χ4n) is 1.43. The fraction of sp³-hybridized carbons (Fsp3) is 1.00. The molecule has 10 heavy (non-hydrogen) atoms. The molecular formula is C7H13NO2. The molecule has 0 aromatic carbocycles. The Balaban J connectivity index is 2.19. The third-order valence-electron chi connectivity index (χ3n) is 2.15. The van der Waals surface area contributed by atoms with Crippen molar-refractivity contribution < 1.29 is 5.11 Å². The smallest absolute Gasteiger partial charge is 0.0839 e. The summed E-state index contributed by atoms with van der Waals surface area (Å²) < 4.78 is 0. The van der Waals surface area contributed by atoms with Crippen molar-refractivity contribution in [1.29, 1.82) is 0 Å². The van der Waals surface area contributed by atoms with Crippen LogP contribution >= 0.6 is 0 Å². The Morgan fingerprint density at radius 2 is 1.90 bits per heavy atom. The number of hydrogen-bond acceptors (Lipinski definition) is 3. The maximum Gasteiger partial charge on any atom is 0.0839 e. The molecule has 0 aromatic rings. The van der Waals surface area contributed by atoms with Crippen molar-refractivity contribution in [2.24, 2.45) is 11.1 Å². The molecule has 0 aromatic heterocycles. The van der Waals surface area contributed by atoms with E-state index in [1.54, 1.807) is 0 Å². The highest BCUT2D eigenvalue weighted by Gasteiger charge is 2.18. The lowest BCUT2D eigenvalue weighted by Gasteiger charge is -2.22. The van der Waals surface area contributed by atoms with Gasteiger partial charge in [0.2, 0.25) is 0 Å². The second-order valence-corrected chi connectivity index (χ2v) is 2.99. The van der Waals surface area contributed by atoms with Crippen LogP contribution in [0.1, 0.15) is 25.7 Å². The van der Waals surface area contributed by atoms with Gasteiger partial charge in [0, 0.05) is 0 Å². The van der Waals surface area contributed by atoms with Crippen molar-refractivity contribution in [1.82, 2.24) is 0 Å². The predicted molar refractivity (Wildman–Crippen MR) is 38.6 cm³/mol. The first kappa shape index (κ1) is 7.66. The number of nitroso groups, excluding NO2 is 1. The molecule has 1 N–H and O–H groups in total. The molecule has 1 rings (SSSR count). The van der Waals surface area contributed by atoms with Crippen molar-refractivity contribution in [3.05, 3.63) is 4.91 Å². The van der Waals surface area contributed by atoms with E-state index in [0.29, 0.717) is 12.5 Å². The molecule has 0 saturated heterocycles. The third-order valence-corrected chi connectivity index (χ3v) is 2.15. The van der Waals surface area contributed by atoms with Crippen LogP contribution in [0.5, 0.6) is 0 Å². The van der Waals surface area contributed by atoms with Gasteiger partial charge < -0.3 is 5.11 Å². The van der Waals surface area contributed by atoms with Gasteiger partial charge in [0.15, 0.2) is 0 Å². The Hall–Kier alpha value is -0.440. The molecule has 3 nitrogen and oxygen atoms in total.